The number of hydrogen-bond donors (Lipinski definition) is 1. The number of rotatable bonds is 11. The molecule has 0 aliphatic rings. The lowest BCUT2D eigenvalue weighted by molar-refractivity contribution is 0.104. The fraction of sp³-hybridized carbons (Fsp3) is 0.348. The molecular formula is C23H28O10. The van der Waals surface area contributed by atoms with Gasteiger partial charge in [0, 0.05) is 6.07 Å². The summed E-state index contributed by atoms with van der Waals surface area (Å²) >= 11 is 0. The molecule has 2 aromatic rings. The Hall–Kier alpha value is -3.95. The van der Waals surface area contributed by atoms with Crippen LogP contribution in [-0.2, 0) is 0 Å². The minimum atomic E-state index is -0.609. The number of allylic oxidation sites excluding steroid dienone is 1. The molecular weight excluding hydrogens is 436 g/mol. The lowest BCUT2D eigenvalue weighted by Gasteiger charge is -2.19. The van der Waals surface area contributed by atoms with Gasteiger partial charge in [-0.1, -0.05) is 0 Å². The van der Waals surface area contributed by atoms with Crippen LogP contribution >= 0.6 is 0 Å². The second-order valence-electron chi connectivity index (χ2n) is 6.32. The minimum Gasteiger partial charge on any atom is -0.504 e. The largest absolute Gasteiger partial charge is 0.504 e. The van der Waals surface area contributed by atoms with Gasteiger partial charge in [-0.05, 0) is 12.2 Å². The first-order valence-electron chi connectivity index (χ1n) is 9.56. The Bertz CT molecular complexity index is 1040. The number of carbonyl (C=O) groups is 1. The van der Waals surface area contributed by atoms with E-state index < -0.39 is 11.5 Å². The maximum Gasteiger partial charge on any atom is 0.211 e. The van der Waals surface area contributed by atoms with Crippen LogP contribution in [0.15, 0.2) is 12.1 Å². The molecule has 10 nitrogen and oxygen atoms in total. The van der Waals surface area contributed by atoms with Gasteiger partial charge in [0.2, 0.25) is 23.0 Å². The number of phenols is 1. The highest BCUT2D eigenvalue weighted by Gasteiger charge is 2.30. The third-order valence-corrected chi connectivity index (χ3v) is 4.81. The zero-order valence-electron chi connectivity index (χ0n) is 19.9. The Morgan fingerprint density at radius 1 is 0.636 bits per heavy atom. The van der Waals surface area contributed by atoms with Crippen molar-refractivity contribution in [3.63, 3.8) is 0 Å². The third-order valence-electron chi connectivity index (χ3n) is 4.81. The van der Waals surface area contributed by atoms with Crippen molar-refractivity contribution in [3.8, 4) is 51.7 Å². The summed E-state index contributed by atoms with van der Waals surface area (Å²) in [6, 6.07) is 1.60. The average molecular weight is 464 g/mol. The van der Waals surface area contributed by atoms with E-state index in [4.69, 9.17) is 37.9 Å². The SMILES string of the molecule is COc1cc(OC)c(OC)c(OC)c1/C=C/C(=O)c1c(O)c(OC)c(OC)c(OC)c1OC. The van der Waals surface area contributed by atoms with Crippen molar-refractivity contribution >= 4 is 11.9 Å². The van der Waals surface area contributed by atoms with Crippen LogP contribution in [0, 0.1) is 0 Å². The summed E-state index contributed by atoms with van der Waals surface area (Å²) in [6.07, 6.45) is 2.68. The summed E-state index contributed by atoms with van der Waals surface area (Å²) in [5, 5.41) is 10.8. The smallest absolute Gasteiger partial charge is 0.211 e. The molecule has 1 N–H and O–H groups in total. The van der Waals surface area contributed by atoms with Gasteiger partial charge in [0.1, 0.15) is 11.3 Å². The summed E-state index contributed by atoms with van der Waals surface area (Å²) < 4.78 is 42.9. The number of ketones is 1. The van der Waals surface area contributed by atoms with Crippen LogP contribution in [0.5, 0.6) is 51.7 Å². The minimum absolute atomic E-state index is 0.0199. The van der Waals surface area contributed by atoms with Gasteiger partial charge in [0.05, 0.1) is 62.4 Å². The van der Waals surface area contributed by atoms with Crippen LogP contribution in [0.2, 0.25) is 0 Å². The second kappa shape index (κ2) is 11.1. The predicted octanol–water partition coefficient (Wildman–Crippen LogP) is 3.36. The molecule has 0 saturated carbocycles. The maximum atomic E-state index is 13.2. The molecule has 0 bridgehead atoms. The number of benzene rings is 2. The van der Waals surface area contributed by atoms with Crippen LogP contribution in [0.1, 0.15) is 15.9 Å². The van der Waals surface area contributed by atoms with E-state index in [9.17, 15) is 9.90 Å². The molecule has 33 heavy (non-hydrogen) atoms. The Kier molecular flexibility index (Phi) is 8.49. The average Bonchev–Trinajstić information content (AvgIpc) is 2.84. The number of carbonyl (C=O) groups excluding carboxylic acids is 1. The van der Waals surface area contributed by atoms with E-state index in [2.05, 4.69) is 0 Å². The van der Waals surface area contributed by atoms with Gasteiger partial charge in [-0.3, -0.25) is 4.79 Å². The van der Waals surface area contributed by atoms with Gasteiger partial charge in [-0.2, -0.15) is 0 Å². The first kappa shape index (κ1) is 25.3. The van der Waals surface area contributed by atoms with Crippen molar-refractivity contribution in [1.82, 2.24) is 0 Å². The molecule has 0 atom stereocenters. The molecule has 0 radical (unpaired) electrons. The van der Waals surface area contributed by atoms with Crippen molar-refractivity contribution in [2.24, 2.45) is 0 Å². The summed E-state index contributed by atoms with van der Waals surface area (Å²) in [4.78, 5) is 13.2. The number of phenolic OH excluding ortho intramolecular Hbond substituents is 1. The van der Waals surface area contributed by atoms with E-state index in [1.807, 2.05) is 0 Å². The summed E-state index contributed by atoms with van der Waals surface area (Å²) in [5.74, 6) is 0.371. The van der Waals surface area contributed by atoms with Crippen molar-refractivity contribution in [1.29, 1.82) is 0 Å². The predicted molar refractivity (Wildman–Crippen MR) is 120 cm³/mol. The zero-order chi connectivity index (χ0) is 24.7. The molecule has 0 heterocycles. The van der Waals surface area contributed by atoms with Gasteiger partial charge >= 0.3 is 0 Å². The number of hydrogen-bond acceptors (Lipinski definition) is 10. The molecule has 180 valence electrons. The number of aromatic hydroxyl groups is 1. The van der Waals surface area contributed by atoms with E-state index in [1.54, 1.807) is 6.07 Å². The summed E-state index contributed by atoms with van der Waals surface area (Å²) in [6.45, 7) is 0. The molecule has 0 aliphatic carbocycles. The molecule has 0 amide bonds. The van der Waals surface area contributed by atoms with Gasteiger partial charge in [0.15, 0.2) is 28.8 Å². The van der Waals surface area contributed by atoms with Crippen molar-refractivity contribution in [2.45, 2.75) is 0 Å². The van der Waals surface area contributed by atoms with Crippen molar-refractivity contribution < 1.29 is 47.8 Å². The Balaban J connectivity index is 2.72. The lowest BCUT2D eigenvalue weighted by atomic mass is 10.0. The van der Waals surface area contributed by atoms with Gasteiger partial charge < -0.3 is 43.0 Å². The lowest BCUT2D eigenvalue weighted by Crippen LogP contribution is -2.06. The Morgan fingerprint density at radius 3 is 1.58 bits per heavy atom. The highest BCUT2D eigenvalue weighted by Crippen LogP contribution is 2.53. The van der Waals surface area contributed by atoms with E-state index in [0.29, 0.717) is 28.6 Å². The third kappa shape index (κ3) is 4.50. The van der Waals surface area contributed by atoms with Gasteiger partial charge in [-0.25, -0.2) is 0 Å². The van der Waals surface area contributed by atoms with Gasteiger partial charge in [0.25, 0.3) is 0 Å². The Labute approximate surface area is 192 Å². The normalized spacial score (nSPS) is 10.5. The Morgan fingerprint density at radius 2 is 1.12 bits per heavy atom. The summed E-state index contributed by atoms with van der Waals surface area (Å²) in [7, 11) is 11.3. The zero-order valence-corrected chi connectivity index (χ0v) is 19.9. The highest BCUT2D eigenvalue weighted by atomic mass is 16.6. The molecule has 2 rings (SSSR count). The first-order valence-corrected chi connectivity index (χ1v) is 9.56. The van der Waals surface area contributed by atoms with E-state index in [1.165, 1.54) is 69.0 Å². The van der Waals surface area contributed by atoms with Crippen LogP contribution in [-0.4, -0.2) is 67.8 Å². The topological polar surface area (TPSA) is 111 Å². The molecule has 0 unspecified atom stereocenters. The van der Waals surface area contributed by atoms with Crippen LogP contribution in [0.4, 0.5) is 0 Å². The van der Waals surface area contributed by atoms with Crippen LogP contribution in [0.25, 0.3) is 6.08 Å². The fourth-order valence-corrected chi connectivity index (χ4v) is 3.36. The number of ether oxygens (including phenoxy) is 8. The van der Waals surface area contributed by atoms with E-state index >= 15 is 0 Å². The monoisotopic (exact) mass is 464 g/mol. The molecule has 0 aromatic heterocycles. The van der Waals surface area contributed by atoms with Crippen molar-refractivity contribution in [3.05, 3.63) is 23.3 Å². The molecule has 0 aliphatic heterocycles. The molecule has 0 saturated heterocycles. The highest BCUT2D eigenvalue weighted by molar-refractivity contribution is 6.12. The molecule has 2 aromatic carbocycles. The quantitative estimate of drug-likeness (QED) is 0.392. The molecule has 0 spiro atoms. The fourth-order valence-electron chi connectivity index (χ4n) is 3.36. The second-order valence-corrected chi connectivity index (χ2v) is 6.32. The standard InChI is InChI=1S/C23H28O10/c1-26-14-11-15(27-2)19(29-4)18(28-3)12(14)9-10-13(24)16-17(25)21(31-6)23(33-8)22(32-7)20(16)30-5/h9-11,25H,1-8H3/b10-9+. The van der Waals surface area contributed by atoms with E-state index in [-0.39, 0.29) is 28.6 Å². The van der Waals surface area contributed by atoms with Crippen LogP contribution in [0.3, 0.4) is 0 Å². The van der Waals surface area contributed by atoms with E-state index in [0.717, 1.165) is 0 Å². The summed E-state index contributed by atoms with van der Waals surface area (Å²) in [5.41, 5.74) is 0.235. The molecule has 10 heteroatoms. The van der Waals surface area contributed by atoms with Gasteiger partial charge in [-0.15, -0.1) is 0 Å². The van der Waals surface area contributed by atoms with Crippen LogP contribution < -0.4 is 37.9 Å². The number of methoxy groups -OCH3 is 8. The molecule has 0 fully saturated rings. The maximum absolute atomic E-state index is 13.2. The van der Waals surface area contributed by atoms with Crippen molar-refractivity contribution in [2.75, 3.05) is 56.9 Å². The first-order chi connectivity index (χ1) is 15.9.